The quantitative estimate of drug-likeness (QED) is 0.844. The molecule has 0 aliphatic carbocycles. The fourth-order valence-electron chi connectivity index (χ4n) is 2.31. The molecule has 0 unspecified atom stereocenters. The molecule has 128 valence electrons. The van der Waals surface area contributed by atoms with E-state index in [0.717, 1.165) is 6.42 Å². The Morgan fingerprint density at radius 1 is 1.04 bits per heavy atom. The van der Waals surface area contributed by atoms with Gasteiger partial charge in [-0.15, -0.1) is 0 Å². The molecule has 5 nitrogen and oxygen atoms in total. The maximum Gasteiger partial charge on any atom is 0.255 e. The van der Waals surface area contributed by atoms with E-state index in [0.29, 0.717) is 23.4 Å². The highest BCUT2D eigenvalue weighted by Crippen LogP contribution is 2.18. The van der Waals surface area contributed by atoms with Crippen LogP contribution in [-0.4, -0.2) is 20.9 Å². The number of benzene rings is 2. The Morgan fingerprint density at radius 3 is 2.29 bits per heavy atom. The van der Waals surface area contributed by atoms with Gasteiger partial charge in [-0.2, -0.15) is 0 Å². The number of aryl methyl sites for hydroxylation is 2. The highest BCUT2D eigenvalue weighted by molar-refractivity contribution is 7.89. The summed E-state index contributed by atoms with van der Waals surface area (Å²) in [6.45, 7) is 5.84. The largest absolute Gasteiger partial charge is 0.322 e. The van der Waals surface area contributed by atoms with Gasteiger partial charge in [0.1, 0.15) is 0 Å². The van der Waals surface area contributed by atoms with Gasteiger partial charge in [-0.25, -0.2) is 13.1 Å². The molecule has 0 saturated carbocycles. The van der Waals surface area contributed by atoms with Crippen LogP contribution in [0, 0.1) is 6.92 Å². The molecular formula is C18H22N2O3S. The van der Waals surface area contributed by atoms with Crippen LogP contribution in [0.5, 0.6) is 0 Å². The summed E-state index contributed by atoms with van der Waals surface area (Å²) in [5.41, 5.74) is 2.92. The van der Waals surface area contributed by atoms with Crippen LogP contribution in [0.4, 0.5) is 5.69 Å². The molecule has 0 heterocycles. The topological polar surface area (TPSA) is 75.3 Å². The lowest BCUT2D eigenvalue weighted by Crippen LogP contribution is -2.24. The SMILES string of the molecule is CCNS(=O)(=O)c1ccc(C)c(C(=O)Nc2ccc(CC)cc2)c1. The first-order valence-corrected chi connectivity index (χ1v) is 9.36. The van der Waals surface area contributed by atoms with Crippen molar-refractivity contribution in [1.82, 2.24) is 4.72 Å². The van der Waals surface area contributed by atoms with Crippen molar-refractivity contribution in [2.24, 2.45) is 0 Å². The van der Waals surface area contributed by atoms with Gasteiger partial charge >= 0.3 is 0 Å². The van der Waals surface area contributed by atoms with Crippen LogP contribution >= 0.6 is 0 Å². The summed E-state index contributed by atoms with van der Waals surface area (Å²) >= 11 is 0. The number of nitrogens with one attached hydrogen (secondary N) is 2. The standard InChI is InChI=1S/C18H22N2O3S/c1-4-14-7-9-15(10-8-14)20-18(21)17-12-16(11-6-13(17)3)24(22,23)19-5-2/h6-12,19H,4-5H2,1-3H3,(H,20,21). The Hall–Kier alpha value is -2.18. The van der Waals surface area contributed by atoms with Gasteiger partial charge in [0.05, 0.1) is 4.90 Å². The van der Waals surface area contributed by atoms with Crippen LogP contribution in [-0.2, 0) is 16.4 Å². The van der Waals surface area contributed by atoms with Crippen LogP contribution in [0.25, 0.3) is 0 Å². The van der Waals surface area contributed by atoms with Crippen LogP contribution in [0.3, 0.4) is 0 Å². The van der Waals surface area contributed by atoms with Gasteiger partial charge in [-0.1, -0.05) is 32.0 Å². The normalized spacial score (nSPS) is 11.3. The van der Waals surface area contributed by atoms with Gasteiger partial charge in [0.15, 0.2) is 0 Å². The summed E-state index contributed by atoms with van der Waals surface area (Å²) in [4.78, 5) is 12.6. The van der Waals surface area contributed by atoms with Gasteiger partial charge < -0.3 is 5.32 Å². The monoisotopic (exact) mass is 346 g/mol. The van der Waals surface area contributed by atoms with E-state index in [1.54, 1.807) is 19.9 Å². The number of hydrogen-bond donors (Lipinski definition) is 2. The van der Waals surface area contributed by atoms with E-state index in [2.05, 4.69) is 17.0 Å². The zero-order chi connectivity index (χ0) is 17.7. The van der Waals surface area contributed by atoms with Gasteiger partial charge in [0.25, 0.3) is 5.91 Å². The van der Waals surface area contributed by atoms with Crippen molar-refractivity contribution in [3.63, 3.8) is 0 Å². The molecule has 0 saturated heterocycles. The molecule has 0 radical (unpaired) electrons. The summed E-state index contributed by atoms with van der Waals surface area (Å²) in [5, 5.41) is 2.81. The number of sulfonamides is 1. The highest BCUT2D eigenvalue weighted by Gasteiger charge is 2.17. The number of carbonyl (C=O) groups is 1. The first kappa shape index (κ1) is 18.2. The van der Waals surface area contributed by atoms with Crippen LogP contribution in [0.2, 0.25) is 0 Å². The first-order chi connectivity index (χ1) is 11.4. The van der Waals surface area contributed by atoms with E-state index < -0.39 is 10.0 Å². The second-order valence-electron chi connectivity index (χ2n) is 5.48. The van der Waals surface area contributed by atoms with Gasteiger partial charge in [0.2, 0.25) is 10.0 Å². The van der Waals surface area contributed by atoms with Crippen LogP contribution < -0.4 is 10.0 Å². The van der Waals surface area contributed by atoms with Crippen molar-refractivity contribution < 1.29 is 13.2 Å². The predicted octanol–water partition coefficient (Wildman–Crippen LogP) is 3.11. The Labute approximate surface area is 143 Å². The third-order valence-corrected chi connectivity index (χ3v) is 5.26. The first-order valence-electron chi connectivity index (χ1n) is 7.88. The summed E-state index contributed by atoms with van der Waals surface area (Å²) in [5.74, 6) is -0.328. The molecule has 0 spiro atoms. The Kier molecular flexibility index (Phi) is 5.75. The molecule has 24 heavy (non-hydrogen) atoms. The average molecular weight is 346 g/mol. The Bertz CT molecular complexity index is 828. The molecule has 2 aromatic rings. The minimum absolute atomic E-state index is 0.0847. The predicted molar refractivity (Wildman–Crippen MR) is 95.8 cm³/mol. The van der Waals surface area contributed by atoms with E-state index in [9.17, 15) is 13.2 Å². The number of anilines is 1. The molecule has 0 aromatic heterocycles. The van der Waals surface area contributed by atoms with E-state index >= 15 is 0 Å². The minimum atomic E-state index is -3.59. The van der Waals surface area contributed by atoms with E-state index in [-0.39, 0.29) is 10.8 Å². The van der Waals surface area contributed by atoms with E-state index in [1.165, 1.54) is 17.7 Å². The molecule has 1 amide bonds. The Morgan fingerprint density at radius 2 is 1.71 bits per heavy atom. The van der Waals surface area contributed by atoms with Crippen LogP contribution in [0.1, 0.15) is 35.3 Å². The molecule has 0 aliphatic rings. The number of carbonyl (C=O) groups excluding carboxylic acids is 1. The lowest BCUT2D eigenvalue weighted by molar-refractivity contribution is 0.102. The summed E-state index contributed by atoms with van der Waals surface area (Å²) < 4.78 is 26.6. The molecule has 0 aliphatic heterocycles. The lowest BCUT2D eigenvalue weighted by Gasteiger charge is -2.11. The van der Waals surface area contributed by atoms with Gasteiger partial charge in [0, 0.05) is 17.8 Å². The smallest absolute Gasteiger partial charge is 0.255 e. The molecule has 2 N–H and O–H groups in total. The minimum Gasteiger partial charge on any atom is -0.322 e. The molecule has 6 heteroatoms. The number of hydrogen-bond acceptors (Lipinski definition) is 3. The maximum absolute atomic E-state index is 12.5. The number of rotatable bonds is 6. The zero-order valence-electron chi connectivity index (χ0n) is 14.1. The third kappa shape index (κ3) is 4.21. The zero-order valence-corrected chi connectivity index (χ0v) is 14.9. The van der Waals surface area contributed by atoms with Crippen molar-refractivity contribution in [2.45, 2.75) is 32.1 Å². The molecular weight excluding hydrogens is 324 g/mol. The highest BCUT2D eigenvalue weighted by atomic mass is 32.2. The molecule has 0 fully saturated rings. The van der Waals surface area contributed by atoms with Crippen LogP contribution in [0.15, 0.2) is 47.4 Å². The fraction of sp³-hybridized carbons (Fsp3) is 0.278. The summed E-state index contributed by atoms with van der Waals surface area (Å²) in [6.07, 6.45) is 0.928. The van der Waals surface area contributed by atoms with Crippen molar-refractivity contribution >= 4 is 21.6 Å². The Balaban J connectivity index is 2.28. The summed E-state index contributed by atoms with van der Waals surface area (Å²) in [6, 6.07) is 12.1. The lowest BCUT2D eigenvalue weighted by atomic mass is 10.1. The maximum atomic E-state index is 12.5. The van der Waals surface area contributed by atoms with Crippen molar-refractivity contribution in [3.05, 3.63) is 59.2 Å². The van der Waals surface area contributed by atoms with Gasteiger partial charge in [-0.05, 0) is 48.7 Å². The molecule has 2 rings (SSSR count). The average Bonchev–Trinajstić information content (AvgIpc) is 2.55. The second kappa shape index (κ2) is 7.59. The van der Waals surface area contributed by atoms with Crippen molar-refractivity contribution in [1.29, 1.82) is 0 Å². The van der Waals surface area contributed by atoms with Crippen molar-refractivity contribution in [3.8, 4) is 0 Å². The van der Waals surface area contributed by atoms with Gasteiger partial charge in [-0.3, -0.25) is 4.79 Å². The molecule has 2 aromatic carbocycles. The van der Waals surface area contributed by atoms with Crippen molar-refractivity contribution in [2.75, 3.05) is 11.9 Å². The van der Waals surface area contributed by atoms with E-state index in [1.807, 2.05) is 24.3 Å². The molecule has 0 atom stereocenters. The summed E-state index contributed by atoms with van der Waals surface area (Å²) in [7, 11) is -3.59. The number of amides is 1. The van der Waals surface area contributed by atoms with E-state index in [4.69, 9.17) is 0 Å². The second-order valence-corrected chi connectivity index (χ2v) is 7.25. The molecule has 0 bridgehead atoms. The third-order valence-electron chi connectivity index (χ3n) is 3.72. The fourth-order valence-corrected chi connectivity index (χ4v) is 3.38.